The highest BCUT2D eigenvalue weighted by molar-refractivity contribution is 5.75. The number of nitrogens with zero attached hydrogens (tertiary/aromatic N) is 3. The van der Waals surface area contributed by atoms with E-state index < -0.39 is 0 Å². The van der Waals surface area contributed by atoms with E-state index in [-0.39, 0.29) is 5.91 Å². The molecule has 1 amide bonds. The minimum absolute atomic E-state index is 0.0456. The van der Waals surface area contributed by atoms with E-state index in [4.69, 9.17) is 0 Å². The first kappa shape index (κ1) is 12.0. The molecule has 0 spiro atoms. The van der Waals surface area contributed by atoms with Crippen LogP contribution in [0.4, 0.5) is 0 Å². The van der Waals surface area contributed by atoms with Gasteiger partial charge in [-0.25, -0.2) is 4.98 Å². The largest absolute Gasteiger partial charge is 0.353 e. The predicted molar refractivity (Wildman–Crippen MR) is 71.6 cm³/mol. The molecule has 2 aromatic rings. The fourth-order valence-electron chi connectivity index (χ4n) is 2.22. The number of imidazole rings is 1. The van der Waals surface area contributed by atoms with Crippen molar-refractivity contribution in [1.29, 1.82) is 0 Å². The van der Waals surface area contributed by atoms with Crippen LogP contribution in [0.1, 0.15) is 24.6 Å². The molecule has 0 unspecified atom stereocenters. The van der Waals surface area contributed by atoms with E-state index in [0.29, 0.717) is 19.0 Å². The Labute approximate surface area is 112 Å². The molecule has 0 aliphatic heterocycles. The zero-order valence-corrected chi connectivity index (χ0v) is 10.8. The third-order valence-electron chi connectivity index (χ3n) is 3.36. The van der Waals surface area contributed by atoms with Gasteiger partial charge in [0.15, 0.2) is 0 Å². The van der Waals surface area contributed by atoms with Gasteiger partial charge in [0.25, 0.3) is 0 Å². The molecular weight excluding hydrogens is 240 g/mol. The molecule has 1 aliphatic rings. The highest BCUT2D eigenvalue weighted by atomic mass is 16.1. The van der Waals surface area contributed by atoms with Crippen LogP contribution in [0.2, 0.25) is 0 Å². The van der Waals surface area contributed by atoms with Crippen LogP contribution in [-0.2, 0) is 17.9 Å². The summed E-state index contributed by atoms with van der Waals surface area (Å²) >= 11 is 0. The Morgan fingerprint density at radius 3 is 2.84 bits per heavy atom. The second-order valence-electron chi connectivity index (χ2n) is 4.96. The maximum atomic E-state index is 11.7. The first-order valence-electron chi connectivity index (χ1n) is 6.71. The lowest BCUT2D eigenvalue weighted by molar-refractivity contribution is -0.121. The summed E-state index contributed by atoms with van der Waals surface area (Å²) in [6, 6.07) is 3.83. The lowest BCUT2D eigenvalue weighted by Crippen LogP contribution is -2.30. The van der Waals surface area contributed by atoms with E-state index in [1.807, 2.05) is 41.5 Å². The van der Waals surface area contributed by atoms with Crippen molar-refractivity contribution in [2.24, 2.45) is 0 Å². The average Bonchev–Trinajstić information content (AvgIpc) is 2.92. The van der Waals surface area contributed by atoms with E-state index >= 15 is 0 Å². The van der Waals surface area contributed by atoms with Crippen LogP contribution < -0.4 is 5.32 Å². The molecule has 0 radical (unpaired) electrons. The maximum absolute atomic E-state index is 11.7. The Balaban J connectivity index is 1.45. The van der Waals surface area contributed by atoms with Gasteiger partial charge in [-0.05, 0) is 25.0 Å². The minimum Gasteiger partial charge on any atom is -0.353 e. The van der Waals surface area contributed by atoms with E-state index in [1.165, 1.54) is 18.7 Å². The van der Waals surface area contributed by atoms with Crippen molar-refractivity contribution in [2.75, 3.05) is 6.54 Å². The van der Waals surface area contributed by atoms with E-state index in [9.17, 15) is 4.79 Å². The molecule has 1 saturated carbocycles. The number of carbonyl (C=O) groups is 1. The zero-order chi connectivity index (χ0) is 13.1. The van der Waals surface area contributed by atoms with Crippen LogP contribution in [0.5, 0.6) is 0 Å². The maximum Gasteiger partial charge on any atom is 0.239 e. The van der Waals surface area contributed by atoms with Crippen molar-refractivity contribution in [3.63, 3.8) is 0 Å². The molecule has 19 heavy (non-hydrogen) atoms. The average molecular weight is 258 g/mol. The fourth-order valence-corrected chi connectivity index (χ4v) is 2.22. The molecule has 2 heterocycles. The fraction of sp³-hybridized carbons (Fsp3) is 0.429. The third-order valence-corrected chi connectivity index (χ3v) is 3.36. The van der Waals surface area contributed by atoms with Crippen molar-refractivity contribution in [3.8, 4) is 0 Å². The van der Waals surface area contributed by atoms with Crippen LogP contribution in [-0.4, -0.2) is 26.6 Å². The Morgan fingerprint density at radius 2 is 2.11 bits per heavy atom. The van der Waals surface area contributed by atoms with Gasteiger partial charge in [0.1, 0.15) is 12.4 Å². The number of aromatic nitrogens is 3. The molecule has 0 aromatic carbocycles. The summed E-state index contributed by atoms with van der Waals surface area (Å²) in [6.07, 6.45) is 10.1. The van der Waals surface area contributed by atoms with Gasteiger partial charge in [-0.15, -0.1) is 0 Å². The van der Waals surface area contributed by atoms with Crippen molar-refractivity contribution in [2.45, 2.75) is 31.8 Å². The van der Waals surface area contributed by atoms with Gasteiger partial charge in [-0.2, -0.15) is 0 Å². The van der Waals surface area contributed by atoms with Crippen LogP contribution in [0.3, 0.4) is 0 Å². The van der Waals surface area contributed by atoms with Gasteiger partial charge in [0.2, 0.25) is 5.91 Å². The van der Waals surface area contributed by atoms with Gasteiger partial charge >= 0.3 is 0 Å². The molecule has 0 saturated heterocycles. The predicted octanol–water partition coefficient (Wildman–Crippen LogP) is 1.38. The van der Waals surface area contributed by atoms with Crippen LogP contribution >= 0.6 is 0 Å². The van der Waals surface area contributed by atoms with Crippen molar-refractivity contribution in [1.82, 2.24) is 19.4 Å². The van der Waals surface area contributed by atoms with Crippen LogP contribution in [0.15, 0.2) is 36.9 Å². The first-order chi connectivity index (χ1) is 9.33. The van der Waals surface area contributed by atoms with Crippen molar-refractivity contribution >= 4 is 5.91 Å². The molecule has 2 aromatic heterocycles. The molecule has 5 nitrogen and oxygen atoms in total. The summed E-state index contributed by atoms with van der Waals surface area (Å²) in [5, 5.41) is 2.94. The quantitative estimate of drug-likeness (QED) is 0.851. The van der Waals surface area contributed by atoms with E-state index in [0.717, 1.165) is 6.54 Å². The van der Waals surface area contributed by atoms with Crippen LogP contribution in [0.25, 0.3) is 0 Å². The van der Waals surface area contributed by atoms with Gasteiger partial charge in [0.05, 0.1) is 0 Å². The number of nitrogens with one attached hydrogen (secondary N) is 1. The normalized spacial score (nSPS) is 14.5. The molecule has 1 N–H and O–H groups in total. The lowest BCUT2D eigenvalue weighted by Gasteiger charge is -2.09. The van der Waals surface area contributed by atoms with Gasteiger partial charge < -0.3 is 14.5 Å². The Bertz CT molecular complexity index is 540. The zero-order valence-electron chi connectivity index (χ0n) is 10.8. The number of hydrogen-bond donors (Lipinski definition) is 1. The number of carbonyl (C=O) groups excluding carboxylic acids is 1. The Morgan fingerprint density at radius 1 is 1.32 bits per heavy atom. The second kappa shape index (κ2) is 5.30. The van der Waals surface area contributed by atoms with Gasteiger partial charge in [-0.1, -0.05) is 0 Å². The summed E-state index contributed by atoms with van der Waals surface area (Å²) in [6.45, 7) is 1.83. The molecule has 5 heteroatoms. The van der Waals surface area contributed by atoms with Gasteiger partial charge in [0, 0.05) is 43.8 Å². The SMILES string of the molecule is O=C(Cn1cccc1)NCCn1ccnc1C1CC1. The third kappa shape index (κ3) is 3.05. The minimum atomic E-state index is 0.0456. The summed E-state index contributed by atoms with van der Waals surface area (Å²) in [5.41, 5.74) is 0. The molecule has 100 valence electrons. The molecule has 1 aliphatic carbocycles. The summed E-state index contributed by atoms with van der Waals surface area (Å²) in [5.74, 6) is 1.86. The first-order valence-corrected chi connectivity index (χ1v) is 6.71. The smallest absolute Gasteiger partial charge is 0.239 e. The number of rotatable bonds is 6. The Kier molecular flexibility index (Phi) is 3.35. The number of amides is 1. The monoisotopic (exact) mass is 258 g/mol. The molecule has 0 bridgehead atoms. The summed E-state index contributed by atoms with van der Waals surface area (Å²) < 4.78 is 4.01. The summed E-state index contributed by atoms with van der Waals surface area (Å²) in [7, 11) is 0. The van der Waals surface area contributed by atoms with Crippen LogP contribution in [0, 0.1) is 0 Å². The van der Waals surface area contributed by atoms with E-state index in [1.54, 1.807) is 0 Å². The molecule has 0 atom stereocenters. The highest BCUT2D eigenvalue weighted by Crippen LogP contribution is 2.38. The second-order valence-corrected chi connectivity index (χ2v) is 4.96. The highest BCUT2D eigenvalue weighted by Gasteiger charge is 2.27. The lowest BCUT2D eigenvalue weighted by atomic mass is 10.4. The molecular formula is C14H18N4O. The topological polar surface area (TPSA) is 51.9 Å². The molecule has 3 rings (SSSR count). The van der Waals surface area contributed by atoms with E-state index in [2.05, 4.69) is 14.9 Å². The summed E-state index contributed by atoms with van der Waals surface area (Å²) in [4.78, 5) is 16.1. The van der Waals surface area contributed by atoms with Gasteiger partial charge in [-0.3, -0.25) is 4.79 Å². The number of hydrogen-bond acceptors (Lipinski definition) is 2. The van der Waals surface area contributed by atoms with Crippen molar-refractivity contribution < 1.29 is 4.79 Å². The standard InChI is InChI=1S/C14H18N4O/c19-13(11-17-7-1-2-8-17)15-5-9-18-10-6-16-14(18)12-3-4-12/h1-2,6-8,10,12H,3-5,9,11H2,(H,15,19). The Hall–Kier alpha value is -2.04. The van der Waals surface area contributed by atoms with Crippen molar-refractivity contribution in [3.05, 3.63) is 42.7 Å². The molecule has 1 fully saturated rings.